The first-order valence-corrected chi connectivity index (χ1v) is 6.57. The first kappa shape index (κ1) is 12.4. The molecule has 2 rings (SSSR count). The molecule has 0 bridgehead atoms. The van der Waals surface area contributed by atoms with E-state index >= 15 is 0 Å². The van der Waals surface area contributed by atoms with Gasteiger partial charge >= 0.3 is 0 Å². The van der Waals surface area contributed by atoms with Crippen molar-refractivity contribution >= 4 is 5.91 Å². The Kier molecular flexibility index (Phi) is 3.68. The van der Waals surface area contributed by atoms with Gasteiger partial charge in [0.15, 0.2) is 0 Å². The molecule has 0 radical (unpaired) electrons. The fourth-order valence-corrected chi connectivity index (χ4v) is 2.88. The van der Waals surface area contributed by atoms with Crippen LogP contribution < -0.4 is 0 Å². The molecule has 0 aromatic heterocycles. The van der Waals surface area contributed by atoms with E-state index in [1.165, 1.54) is 0 Å². The van der Waals surface area contributed by atoms with E-state index < -0.39 is 5.41 Å². The van der Waals surface area contributed by atoms with Crippen LogP contribution in [0.4, 0.5) is 0 Å². The lowest BCUT2D eigenvalue weighted by Gasteiger charge is -2.40. The van der Waals surface area contributed by atoms with Crippen molar-refractivity contribution in [3.63, 3.8) is 0 Å². The van der Waals surface area contributed by atoms with Gasteiger partial charge in [-0.15, -0.1) is 0 Å². The summed E-state index contributed by atoms with van der Waals surface area (Å²) in [6, 6.07) is 2.51. The number of nitrogens with zero attached hydrogens (tertiary/aromatic N) is 2. The molecule has 1 amide bonds. The summed E-state index contributed by atoms with van der Waals surface area (Å²) in [7, 11) is 0. The maximum Gasteiger partial charge on any atom is 0.243 e. The molecule has 0 spiro atoms. The lowest BCUT2D eigenvalue weighted by atomic mass is 9.83. The minimum Gasteiger partial charge on any atom is -0.395 e. The van der Waals surface area contributed by atoms with E-state index in [1.54, 1.807) is 4.90 Å². The number of hydrogen-bond acceptors (Lipinski definition) is 3. The molecule has 4 nitrogen and oxygen atoms in total. The molecular formula is C13H20N2O2. The summed E-state index contributed by atoms with van der Waals surface area (Å²) >= 11 is 0. The Morgan fingerprint density at radius 3 is 2.41 bits per heavy atom. The predicted octanol–water partition coefficient (Wildman–Crippen LogP) is 1.44. The van der Waals surface area contributed by atoms with Gasteiger partial charge in [0.05, 0.1) is 12.7 Å². The number of aliphatic hydroxyl groups excluding tert-OH is 1. The van der Waals surface area contributed by atoms with E-state index in [4.69, 9.17) is 5.11 Å². The number of carbonyl (C=O) groups is 1. The molecule has 17 heavy (non-hydrogen) atoms. The second-order valence-electron chi connectivity index (χ2n) is 5.21. The highest BCUT2D eigenvalue weighted by Crippen LogP contribution is 2.40. The topological polar surface area (TPSA) is 64.3 Å². The Morgan fingerprint density at radius 2 is 2.00 bits per heavy atom. The Labute approximate surface area is 102 Å². The van der Waals surface area contributed by atoms with Crippen molar-refractivity contribution < 1.29 is 9.90 Å². The number of amides is 1. The molecule has 0 aromatic rings. The molecule has 0 aromatic carbocycles. The summed E-state index contributed by atoms with van der Waals surface area (Å²) < 4.78 is 0. The predicted molar refractivity (Wildman–Crippen MR) is 63.0 cm³/mol. The SMILES string of the molecule is N#CC1(C(=O)N(CCO)C2CCC2)CCCC1. The quantitative estimate of drug-likeness (QED) is 0.803. The summed E-state index contributed by atoms with van der Waals surface area (Å²) in [4.78, 5) is 14.3. The highest BCUT2D eigenvalue weighted by atomic mass is 16.3. The summed E-state index contributed by atoms with van der Waals surface area (Å²) in [5, 5.41) is 18.4. The van der Waals surface area contributed by atoms with Crippen LogP contribution in [-0.4, -0.2) is 35.1 Å². The molecule has 94 valence electrons. The third kappa shape index (κ3) is 2.16. The molecule has 0 aliphatic heterocycles. The van der Waals surface area contributed by atoms with Crippen molar-refractivity contribution in [1.29, 1.82) is 5.26 Å². The molecule has 1 N–H and O–H groups in total. The van der Waals surface area contributed by atoms with Crippen LogP contribution in [0.1, 0.15) is 44.9 Å². The van der Waals surface area contributed by atoms with Gasteiger partial charge in [-0.1, -0.05) is 12.8 Å². The standard InChI is InChI=1S/C13H20N2O2/c14-10-13(6-1-2-7-13)12(17)15(8-9-16)11-4-3-5-11/h11,16H,1-9H2. The van der Waals surface area contributed by atoms with Gasteiger partial charge in [0.1, 0.15) is 5.41 Å². The molecule has 0 atom stereocenters. The van der Waals surface area contributed by atoms with E-state index in [0.717, 1.165) is 32.1 Å². The van der Waals surface area contributed by atoms with E-state index in [0.29, 0.717) is 19.4 Å². The molecule has 0 unspecified atom stereocenters. The zero-order chi connectivity index (χ0) is 12.3. The van der Waals surface area contributed by atoms with Gasteiger partial charge in [-0.3, -0.25) is 4.79 Å². The van der Waals surface area contributed by atoms with Crippen molar-refractivity contribution in [2.24, 2.45) is 5.41 Å². The highest BCUT2D eigenvalue weighted by molar-refractivity contribution is 5.86. The molecule has 2 aliphatic rings. The van der Waals surface area contributed by atoms with Crippen LogP contribution in [0, 0.1) is 16.7 Å². The van der Waals surface area contributed by atoms with Crippen molar-refractivity contribution in [3.8, 4) is 6.07 Å². The van der Waals surface area contributed by atoms with Crippen LogP contribution in [0.3, 0.4) is 0 Å². The van der Waals surface area contributed by atoms with Gasteiger partial charge in [0.25, 0.3) is 0 Å². The third-order valence-corrected chi connectivity index (χ3v) is 4.20. The Bertz CT molecular complexity index is 325. The van der Waals surface area contributed by atoms with E-state index in [1.807, 2.05) is 0 Å². The minimum absolute atomic E-state index is 0.0102. The largest absolute Gasteiger partial charge is 0.395 e. The van der Waals surface area contributed by atoms with Crippen molar-refractivity contribution in [1.82, 2.24) is 4.90 Å². The molecule has 2 saturated carbocycles. The summed E-state index contributed by atoms with van der Waals surface area (Å²) in [6.07, 6.45) is 6.52. The number of aliphatic hydroxyl groups is 1. The highest BCUT2D eigenvalue weighted by Gasteiger charge is 2.45. The Morgan fingerprint density at radius 1 is 1.35 bits per heavy atom. The van der Waals surface area contributed by atoms with Crippen LogP contribution in [0.25, 0.3) is 0 Å². The smallest absolute Gasteiger partial charge is 0.243 e. The molecule has 0 saturated heterocycles. The normalized spacial score (nSPS) is 22.8. The Hall–Kier alpha value is -1.08. The fraction of sp³-hybridized carbons (Fsp3) is 0.846. The molecule has 2 aliphatic carbocycles. The van der Waals surface area contributed by atoms with Crippen molar-refractivity contribution in [2.75, 3.05) is 13.2 Å². The average molecular weight is 236 g/mol. The lowest BCUT2D eigenvalue weighted by molar-refractivity contribution is -0.143. The summed E-state index contributed by atoms with van der Waals surface area (Å²) in [5.41, 5.74) is -0.787. The number of hydrogen-bond donors (Lipinski definition) is 1. The summed E-state index contributed by atoms with van der Waals surface area (Å²) in [5.74, 6) is -0.0312. The third-order valence-electron chi connectivity index (χ3n) is 4.20. The Balaban J connectivity index is 2.11. The second kappa shape index (κ2) is 5.05. The van der Waals surface area contributed by atoms with Crippen LogP contribution in [0.2, 0.25) is 0 Å². The molecular weight excluding hydrogens is 216 g/mol. The fourth-order valence-electron chi connectivity index (χ4n) is 2.88. The monoisotopic (exact) mass is 236 g/mol. The van der Waals surface area contributed by atoms with Gasteiger partial charge < -0.3 is 10.0 Å². The van der Waals surface area contributed by atoms with Gasteiger partial charge in [-0.2, -0.15) is 5.26 Å². The van der Waals surface area contributed by atoms with Gasteiger partial charge in [-0.05, 0) is 32.1 Å². The number of rotatable bonds is 4. The number of carbonyl (C=O) groups excluding carboxylic acids is 1. The van der Waals surface area contributed by atoms with Gasteiger partial charge in [0.2, 0.25) is 5.91 Å². The first-order valence-electron chi connectivity index (χ1n) is 6.57. The maximum atomic E-state index is 12.5. The van der Waals surface area contributed by atoms with Gasteiger partial charge in [0, 0.05) is 12.6 Å². The zero-order valence-corrected chi connectivity index (χ0v) is 10.2. The van der Waals surface area contributed by atoms with Crippen LogP contribution in [0.15, 0.2) is 0 Å². The summed E-state index contributed by atoms with van der Waals surface area (Å²) in [6.45, 7) is 0.372. The van der Waals surface area contributed by atoms with Crippen LogP contribution in [0.5, 0.6) is 0 Å². The van der Waals surface area contributed by atoms with E-state index in [-0.39, 0.29) is 18.6 Å². The lowest BCUT2D eigenvalue weighted by Crippen LogP contribution is -2.51. The maximum absolute atomic E-state index is 12.5. The van der Waals surface area contributed by atoms with Gasteiger partial charge in [-0.25, -0.2) is 0 Å². The minimum atomic E-state index is -0.787. The van der Waals surface area contributed by atoms with Crippen molar-refractivity contribution in [3.05, 3.63) is 0 Å². The zero-order valence-electron chi connectivity index (χ0n) is 10.2. The van der Waals surface area contributed by atoms with E-state index in [9.17, 15) is 10.1 Å². The molecule has 4 heteroatoms. The first-order chi connectivity index (χ1) is 8.23. The van der Waals surface area contributed by atoms with E-state index in [2.05, 4.69) is 6.07 Å². The average Bonchev–Trinajstić information content (AvgIpc) is 2.75. The van der Waals surface area contributed by atoms with Crippen LogP contribution >= 0.6 is 0 Å². The number of nitriles is 1. The molecule has 0 heterocycles. The second-order valence-corrected chi connectivity index (χ2v) is 5.21. The van der Waals surface area contributed by atoms with Crippen LogP contribution in [-0.2, 0) is 4.79 Å². The molecule has 2 fully saturated rings. The van der Waals surface area contributed by atoms with Crippen molar-refractivity contribution in [2.45, 2.75) is 51.0 Å².